The molecular weight excluding hydrogens is 292 g/mol. The molecule has 2 aliphatic rings. The average molecular weight is 318 g/mol. The summed E-state index contributed by atoms with van der Waals surface area (Å²) in [5.74, 6) is 0.0478. The highest BCUT2D eigenvalue weighted by Crippen LogP contribution is 2.51. The van der Waals surface area contributed by atoms with Crippen molar-refractivity contribution in [1.29, 1.82) is 0 Å². The van der Waals surface area contributed by atoms with Crippen LogP contribution in [-0.2, 0) is 4.74 Å². The summed E-state index contributed by atoms with van der Waals surface area (Å²) in [6.45, 7) is 7.82. The first-order valence-corrected chi connectivity index (χ1v) is 8.51. The SMILES string of the molecule is CCO[C@@H]1C[C@@H](O)C12CCN(C(=O)c1ccc(C)nc1C)CC2. The second kappa shape index (κ2) is 6.21. The van der Waals surface area contributed by atoms with Crippen LogP contribution < -0.4 is 0 Å². The molecule has 0 aromatic carbocycles. The van der Waals surface area contributed by atoms with Crippen LogP contribution in [0.5, 0.6) is 0 Å². The smallest absolute Gasteiger partial charge is 0.255 e. The molecule has 23 heavy (non-hydrogen) atoms. The number of pyridine rings is 1. The molecule has 0 radical (unpaired) electrons. The van der Waals surface area contributed by atoms with Gasteiger partial charge in [0.05, 0.1) is 23.5 Å². The number of amides is 1. The average Bonchev–Trinajstić information content (AvgIpc) is 2.54. The zero-order valence-electron chi connectivity index (χ0n) is 14.2. The number of carbonyl (C=O) groups is 1. The van der Waals surface area contributed by atoms with Crippen LogP contribution in [0.3, 0.4) is 0 Å². The van der Waals surface area contributed by atoms with Crippen molar-refractivity contribution in [2.75, 3.05) is 19.7 Å². The van der Waals surface area contributed by atoms with Gasteiger partial charge in [-0.25, -0.2) is 0 Å². The molecule has 5 nitrogen and oxygen atoms in total. The summed E-state index contributed by atoms with van der Waals surface area (Å²) < 4.78 is 5.78. The van der Waals surface area contributed by atoms with Crippen molar-refractivity contribution < 1.29 is 14.6 Å². The van der Waals surface area contributed by atoms with E-state index in [4.69, 9.17) is 4.74 Å². The first-order valence-electron chi connectivity index (χ1n) is 8.51. The van der Waals surface area contributed by atoms with Gasteiger partial charge in [0.15, 0.2) is 0 Å². The van der Waals surface area contributed by atoms with Gasteiger partial charge in [-0.1, -0.05) is 0 Å². The molecule has 0 bridgehead atoms. The molecule has 1 N–H and O–H groups in total. The maximum absolute atomic E-state index is 12.7. The lowest BCUT2D eigenvalue weighted by atomic mass is 9.58. The molecule has 1 aromatic rings. The first-order chi connectivity index (χ1) is 11.0. The van der Waals surface area contributed by atoms with Crippen LogP contribution in [-0.4, -0.2) is 52.8 Å². The fourth-order valence-corrected chi connectivity index (χ4v) is 4.03. The fraction of sp³-hybridized carbons (Fsp3) is 0.667. The Hall–Kier alpha value is -1.46. The van der Waals surface area contributed by atoms with Gasteiger partial charge in [0.2, 0.25) is 0 Å². The van der Waals surface area contributed by atoms with Crippen molar-refractivity contribution in [3.63, 3.8) is 0 Å². The van der Waals surface area contributed by atoms with Gasteiger partial charge >= 0.3 is 0 Å². The number of aliphatic hydroxyl groups excluding tert-OH is 1. The highest BCUT2D eigenvalue weighted by atomic mass is 16.5. The fourth-order valence-electron chi connectivity index (χ4n) is 4.03. The number of hydrogen-bond donors (Lipinski definition) is 1. The Labute approximate surface area is 137 Å². The molecule has 1 aliphatic heterocycles. The number of aryl methyl sites for hydroxylation is 2. The Kier molecular flexibility index (Phi) is 4.43. The maximum Gasteiger partial charge on any atom is 0.255 e. The third kappa shape index (κ3) is 2.76. The molecule has 5 heteroatoms. The van der Waals surface area contributed by atoms with Crippen LogP contribution in [0.25, 0.3) is 0 Å². The second-order valence-corrected chi connectivity index (χ2v) is 6.81. The minimum Gasteiger partial charge on any atom is -0.392 e. The highest BCUT2D eigenvalue weighted by molar-refractivity contribution is 5.95. The molecule has 1 saturated heterocycles. The van der Waals surface area contributed by atoms with Gasteiger partial charge in [0.25, 0.3) is 5.91 Å². The van der Waals surface area contributed by atoms with Crippen molar-refractivity contribution in [3.05, 3.63) is 29.1 Å². The van der Waals surface area contributed by atoms with Gasteiger partial charge in [-0.3, -0.25) is 9.78 Å². The summed E-state index contributed by atoms with van der Waals surface area (Å²) >= 11 is 0. The normalized spacial score (nSPS) is 26.2. The number of rotatable bonds is 3. The minimum atomic E-state index is -0.293. The molecule has 1 amide bonds. The van der Waals surface area contributed by atoms with E-state index in [1.54, 1.807) is 0 Å². The number of piperidine rings is 1. The van der Waals surface area contributed by atoms with Crippen molar-refractivity contribution in [2.24, 2.45) is 5.41 Å². The zero-order chi connectivity index (χ0) is 16.6. The number of hydrogen-bond acceptors (Lipinski definition) is 4. The van der Waals surface area contributed by atoms with Gasteiger partial charge in [-0.15, -0.1) is 0 Å². The number of nitrogens with zero attached hydrogens (tertiary/aromatic N) is 2. The molecule has 1 aliphatic carbocycles. The van der Waals surface area contributed by atoms with Gasteiger partial charge in [0, 0.05) is 37.2 Å². The standard InChI is InChI=1S/C18H26N2O3/c1-4-23-16-11-15(21)18(16)7-9-20(10-8-18)17(22)14-6-5-12(2)19-13(14)3/h5-6,15-16,21H,4,7-11H2,1-3H3/t15-,16-/m1/s1. The van der Waals surface area contributed by atoms with E-state index in [0.29, 0.717) is 25.3 Å². The van der Waals surface area contributed by atoms with E-state index in [9.17, 15) is 9.90 Å². The quantitative estimate of drug-likeness (QED) is 0.927. The largest absolute Gasteiger partial charge is 0.392 e. The summed E-state index contributed by atoms with van der Waals surface area (Å²) in [6.07, 6.45) is 2.19. The predicted molar refractivity (Wildman–Crippen MR) is 87.3 cm³/mol. The molecular formula is C18H26N2O3. The third-order valence-corrected chi connectivity index (χ3v) is 5.55. The Bertz CT molecular complexity index is 592. The van der Waals surface area contributed by atoms with E-state index in [-0.39, 0.29) is 23.5 Å². The van der Waals surface area contributed by atoms with Crippen molar-refractivity contribution in [3.8, 4) is 0 Å². The lowest BCUT2D eigenvalue weighted by Gasteiger charge is -2.56. The Morgan fingerprint density at radius 3 is 2.65 bits per heavy atom. The molecule has 2 atom stereocenters. The molecule has 2 fully saturated rings. The Morgan fingerprint density at radius 2 is 2.09 bits per heavy atom. The number of aliphatic hydroxyl groups is 1. The lowest BCUT2D eigenvalue weighted by molar-refractivity contribution is -0.207. The van der Waals surface area contributed by atoms with E-state index in [0.717, 1.165) is 30.7 Å². The van der Waals surface area contributed by atoms with Gasteiger partial charge < -0.3 is 14.7 Å². The number of carbonyl (C=O) groups excluding carboxylic acids is 1. The summed E-state index contributed by atoms with van der Waals surface area (Å²) in [5.41, 5.74) is 2.25. The molecule has 126 valence electrons. The van der Waals surface area contributed by atoms with E-state index < -0.39 is 0 Å². The van der Waals surface area contributed by atoms with E-state index in [1.165, 1.54) is 0 Å². The van der Waals surface area contributed by atoms with Crippen molar-refractivity contribution >= 4 is 5.91 Å². The summed E-state index contributed by atoms with van der Waals surface area (Å²) in [4.78, 5) is 19.0. The van der Waals surface area contributed by atoms with Crippen LogP contribution in [0.4, 0.5) is 0 Å². The van der Waals surface area contributed by atoms with Gasteiger partial charge in [0.1, 0.15) is 0 Å². The molecule has 3 rings (SSSR count). The topological polar surface area (TPSA) is 62.7 Å². The first kappa shape index (κ1) is 16.4. The molecule has 1 aromatic heterocycles. The van der Waals surface area contributed by atoms with Crippen LogP contribution >= 0.6 is 0 Å². The second-order valence-electron chi connectivity index (χ2n) is 6.81. The van der Waals surface area contributed by atoms with Crippen molar-refractivity contribution in [2.45, 2.75) is 52.2 Å². The van der Waals surface area contributed by atoms with Crippen LogP contribution in [0.15, 0.2) is 12.1 Å². The highest BCUT2D eigenvalue weighted by Gasteiger charge is 2.56. The monoisotopic (exact) mass is 318 g/mol. The minimum absolute atomic E-state index is 0.0478. The molecule has 1 spiro atoms. The van der Waals surface area contributed by atoms with Crippen LogP contribution in [0.1, 0.15) is 47.9 Å². The lowest BCUT2D eigenvalue weighted by Crippen LogP contribution is -2.62. The summed E-state index contributed by atoms with van der Waals surface area (Å²) in [5, 5.41) is 10.2. The van der Waals surface area contributed by atoms with E-state index in [1.807, 2.05) is 37.8 Å². The van der Waals surface area contributed by atoms with Crippen LogP contribution in [0.2, 0.25) is 0 Å². The number of aromatic nitrogens is 1. The van der Waals surface area contributed by atoms with E-state index >= 15 is 0 Å². The molecule has 0 unspecified atom stereocenters. The van der Waals surface area contributed by atoms with Crippen molar-refractivity contribution in [1.82, 2.24) is 9.88 Å². The molecule has 2 heterocycles. The third-order valence-electron chi connectivity index (χ3n) is 5.55. The van der Waals surface area contributed by atoms with Gasteiger partial charge in [-0.2, -0.15) is 0 Å². The summed E-state index contributed by atoms with van der Waals surface area (Å²) in [7, 11) is 0. The summed E-state index contributed by atoms with van der Waals surface area (Å²) in [6, 6.07) is 3.75. The predicted octanol–water partition coefficient (Wildman–Crippen LogP) is 2.09. The van der Waals surface area contributed by atoms with Gasteiger partial charge in [-0.05, 0) is 45.7 Å². The number of ether oxygens (including phenoxy) is 1. The Morgan fingerprint density at radius 1 is 1.39 bits per heavy atom. The Balaban J connectivity index is 1.68. The van der Waals surface area contributed by atoms with Crippen LogP contribution in [0, 0.1) is 19.3 Å². The zero-order valence-corrected chi connectivity index (χ0v) is 14.2. The maximum atomic E-state index is 12.7. The molecule has 1 saturated carbocycles. The number of likely N-dealkylation sites (tertiary alicyclic amines) is 1. The van der Waals surface area contributed by atoms with E-state index in [2.05, 4.69) is 4.98 Å².